The number of hydrogen-bond acceptors (Lipinski definition) is 2. The predicted molar refractivity (Wildman–Crippen MR) is 269 cm³/mol. The van der Waals surface area contributed by atoms with Gasteiger partial charge in [0.25, 0.3) is 0 Å². The van der Waals surface area contributed by atoms with Gasteiger partial charge in [0.2, 0.25) is 0 Å². The number of benzene rings is 9. The maximum Gasteiger partial charge on any atom is 0.136 e. The van der Waals surface area contributed by atoms with Crippen molar-refractivity contribution in [1.82, 2.24) is 0 Å². The predicted octanol–water partition coefficient (Wildman–Crippen LogP) is 17.1. The summed E-state index contributed by atoms with van der Waals surface area (Å²) in [6.45, 7) is 0. The molecular formula is C62H43NO. The lowest BCUT2D eigenvalue weighted by Gasteiger charge is -2.37. The molecule has 0 aliphatic heterocycles. The molecule has 1 aromatic heterocycles. The highest BCUT2D eigenvalue weighted by Gasteiger charge is 2.34. The molecule has 0 saturated carbocycles. The molecule has 2 unspecified atom stereocenters. The second-order valence-corrected chi connectivity index (χ2v) is 16.7. The molecule has 0 saturated heterocycles. The first-order valence-electron chi connectivity index (χ1n) is 22.2. The maximum atomic E-state index is 6.52. The van der Waals surface area contributed by atoms with Gasteiger partial charge in [0.15, 0.2) is 0 Å². The molecule has 0 bridgehead atoms. The standard InChI is InChI=1S/C62H43NO/c1-3-19-43(20-4-1)49-40-39-46(48-31-15-24-42-23-7-8-27-47(42)48)41-58(49)63(57-36-13-10-29-52(57)54-34-18-38-60-62(54)55-30-11-14-37-59(55)64-60)56-35-12-9-28-51(56)53-33-17-26-45-25-16-32-50(61(45)53)44-21-5-2-6-22-44/h1-41,53,61H. The number of furan rings is 1. The van der Waals surface area contributed by atoms with E-state index in [1.165, 1.54) is 38.6 Å². The fourth-order valence-electron chi connectivity index (χ4n) is 10.3. The summed E-state index contributed by atoms with van der Waals surface area (Å²) in [5.74, 6) is 0.169. The van der Waals surface area contributed by atoms with E-state index >= 15 is 0 Å². The van der Waals surface area contributed by atoms with Gasteiger partial charge in [-0.2, -0.15) is 0 Å². The lowest BCUT2D eigenvalue weighted by Crippen LogP contribution is -2.22. The Labute approximate surface area is 373 Å². The van der Waals surface area contributed by atoms with Gasteiger partial charge in [-0.15, -0.1) is 0 Å². The number of anilines is 3. The molecule has 9 aromatic carbocycles. The fourth-order valence-corrected chi connectivity index (χ4v) is 10.3. The van der Waals surface area contributed by atoms with Gasteiger partial charge >= 0.3 is 0 Å². The molecule has 2 atom stereocenters. The van der Waals surface area contributed by atoms with E-state index < -0.39 is 0 Å². The Morgan fingerprint density at radius 3 is 1.94 bits per heavy atom. The van der Waals surface area contributed by atoms with Crippen LogP contribution < -0.4 is 4.90 Å². The highest BCUT2D eigenvalue weighted by Crippen LogP contribution is 2.53. The zero-order valence-corrected chi connectivity index (χ0v) is 35.2. The van der Waals surface area contributed by atoms with Crippen molar-refractivity contribution < 1.29 is 4.42 Å². The average molecular weight is 818 g/mol. The van der Waals surface area contributed by atoms with Crippen molar-refractivity contribution >= 4 is 55.3 Å². The summed E-state index contributed by atoms with van der Waals surface area (Å²) in [7, 11) is 0. The molecule has 2 nitrogen and oxygen atoms in total. The highest BCUT2D eigenvalue weighted by molar-refractivity contribution is 6.14. The van der Waals surface area contributed by atoms with Crippen LogP contribution in [-0.2, 0) is 0 Å². The average Bonchev–Trinajstić information content (AvgIpc) is 3.76. The molecule has 1 heterocycles. The van der Waals surface area contributed by atoms with E-state index in [2.05, 4.69) is 248 Å². The Morgan fingerprint density at radius 2 is 1.06 bits per heavy atom. The van der Waals surface area contributed by atoms with E-state index in [4.69, 9.17) is 4.42 Å². The monoisotopic (exact) mass is 817 g/mol. The maximum absolute atomic E-state index is 6.52. The summed E-state index contributed by atoms with van der Waals surface area (Å²) in [6.07, 6.45) is 13.8. The largest absolute Gasteiger partial charge is 0.456 e. The molecule has 0 N–H and O–H groups in total. The molecule has 0 amide bonds. The van der Waals surface area contributed by atoms with Crippen molar-refractivity contribution in [2.24, 2.45) is 5.92 Å². The van der Waals surface area contributed by atoms with Gasteiger partial charge < -0.3 is 9.32 Å². The van der Waals surface area contributed by atoms with E-state index in [1.54, 1.807) is 0 Å². The SMILES string of the molecule is C1=CC2=CC=CC(c3ccccc3N(c3cc(-c4cccc5ccccc45)ccc3-c3ccccc3)c3ccccc3-c3cccc4oc5ccccc5c34)C2C(c2ccccc2)=C1. The topological polar surface area (TPSA) is 16.4 Å². The number of fused-ring (bicyclic) bond motifs is 5. The van der Waals surface area contributed by atoms with Crippen molar-refractivity contribution in [3.05, 3.63) is 265 Å². The Morgan fingerprint density at radius 1 is 0.406 bits per heavy atom. The van der Waals surface area contributed by atoms with E-state index in [9.17, 15) is 0 Å². The Hall–Kier alpha value is -8.20. The minimum Gasteiger partial charge on any atom is -0.456 e. The molecule has 64 heavy (non-hydrogen) atoms. The minimum atomic E-state index is 0.0462. The van der Waals surface area contributed by atoms with E-state index in [0.717, 1.165) is 66.8 Å². The summed E-state index contributed by atoms with van der Waals surface area (Å²) in [6, 6.07) is 77.0. The lowest BCUT2D eigenvalue weighted by atomic mass is 9.70. The third-order valence-electron chi connectivity index (χ3n) is 13.1. The van der Waals surface area contributed by atoms with Gasteiger partial charge in [0.05, 0.1) is 11.4 Å². The summed E-state index contributed by atoms with van der Waals surface area (Å²) >= 11 is 0. The zero-order valence-electron chi connectivity index (χ0n) is 35.2. The summed E-state index contributed by atoms with van der Waals surface area (Å²) < 4.78 is 6.52. The molecule has 302 valence electrons. The van der Waals surface area contributed by atoms with Crippen LogP contribution in [0.2, 0.25) is 0 Å². The minimum absolute atomic E-state index is 0.0462. The van der Waals surface area contributed by atoms with Gasteiger partial charge in [-0.3, -0.25) is 0 Å². The van der Waals surface area contributed by atoms with Gasteiger partial charge in [0, 0.05) is 39.4 Å². The van der Waals surface area contributed by atoms with Gasteiger partial charge in [0.1, 0.15) is 11.2 Å². The Balaban J connectivity index is 1.15. The molecule has 0 fully saturated rings. The van der Waals surface area contributed by atoms with Crippen LogP contribution in [0.25, 0.3) is 71.7 Å². The Kier molecular flexibility index (Phi) is 9.34. The summed E-state index contributed by atoms with van der Waals surface area (Å²) in [4.78, 5) is 2.55. The highest BCUT2D eigenvalue weighted by atomic mass is 16.3. The number of para-hydroxylation sites is 3. The van der Waals surface area contributed by atoms with E-state index in [-0.39, 0.29) is 11.8 Å². The molecule has 0 radical (unpaired) electrons. The van der Waals surface area contributed by atoms with Crippen LogP contribution in [0.4, 0.5) is 17.1 Å². The fraction of sp³-hybridized carbons (Fsp3) is 0.0323. The second kappa shape index (κ2) is 15.9. The van der Waals surface area contributed by atoms with Crippen molar-refractivity contribution in [2.45, 2.75) is 5.92 Å². The van der Waals surface area contributed by atoms with Crippen LogP contribution in [0.1, 0.15) is 17.0 Å². The van der Waals surface area contributed by atoms with Gasteiger partial charge in [-0.25, -0.2) is 0 Å². The first-order chi connectivity index (χ1) is 31.8. The van der Waals surface area contributed by atoms with Crippen molar-refractivity contribution in [2.75, 3.05) is 4.90 Å². The molecule has 12 rings (SSSR count). The van der Waals surface area contributed by atoms with Crippen LogP contribution in [0.5, 0.6) is 0 Å². The first-order valence-corrected chi connectivity index (χ1v) is 22.2. The van der Waals surface area contributed by atoms with Crippen molar-refractivity contribution in [3.63, 3.8) is 0 Å². The molecular weight excluding hydrogens is 775 g/mol. The van der Waals surface area contributed by atoms with Crippen LogP contribution in [0.15, 0.2) is 259 Å². The van der Waals surface area contributed by atoms with E-state index in [1.807, 2.05) is 6.07 Å². The van der Waals surface area contributed by atoms with Crippen molar-refractivity contribution in [1.29, 1.82) is 0 Å². The van der Waals surface area contributed by atoms with Crippen LogP contribution in [0, 0.1) is 5.92 Å². The smallest absolute Gasteiger partial charge is 0.136 e. The third kappa shape index (κ3) is 6.42. The molecule has 2 aliphatic carbocycles. The van der Waals surface area contributed by atoms with E-state index in [0.29, 0.717) is 0 Å². The normalized spacial score (nSPS) is 15.6. The van der Waals surface area contributed by atoms with Crippen LogP contribution in [0.3, 0.4) is 0 Å². The third-order valence-corrected chi connectivity index (χ3v) is 13.1. The zero-order chi connectivity index (χ0) is 42.4. The number of rotatable bonds is 8. The summed E-state index contributed by atoms with van der Waals surface area (Å²) in [5.41, 5.74) is 17.1. The van der Waals surface area contributed by atoms with Gasteiger partial charge in [-0.05, 0) is 85.6 Å². The molecule has 10 aromatic rings. The number of nitrogens with zero attached hydrogens (tertiary/aromatic N) is 1. The van der Waals surface area contributed by atoms with Crippen LogP contribution in [-0.4, -0.2) is 0 Å². The second-order valence-electron chi connectivity index (χ2n) is 16.7. The number of hydrogen-bond donors (Lipinski definition) is 0. The first kappa shape index (κ1) is 37.6. The number of allylic oxidation sites excluding steroid dienone is 8. The molecule has 2 aliphatic rings. The van der Waals surface area contributed by atoms with Gasteiger partial charge in [-0.1, -0.05) is 218 Å². The lowest BCUT2D eigenvalue weighted by molar-refractivity contribution is 0.669. The molecule has 2 heteroatoms. The van der Waals surface area contributed by atoms with Crippen molar-refractivity contribution in [3.8, 4) is 33.4 Å². The Bertz CT molecular complexity index is 3510. The molecule has 0 spiro atoms. The van der Waals surface area contributed by atoms with Crippen LogP contribution >= 0.6 is 0 Å². The quantitative estimate of drug-likeness (QED) is 0.152. The summed E-state index contributed by atoms with van der Waals surface area (Å²) in [5, 5.41) is 4.67.